The summed E-state index contributed by atoms with van der Waals surface area (Å²) in [5.41, 5.74) is 11.5. The molecule has 0 bridgehead atoms. The highest BCUT2D eigenvalue weighted by Crippen LogP contribution is 2.42. The van der Waals surface area contributed by atoms with Crippen LogP contribution in [-0.4, -0.2) is 70.7 Å². The topological polar surface area (TPSA) is 224 Å². The number of carbonyl (C=O) groups excluding carboxylic acids is 3. The van der Waals surface area contributed by atoms with Gasteiger partial charge in [0.05, 0.1) is 16.7 Å². The summed E-state index contributed by atoms with van der Waals surface area (Å²) in [4.78, 5) is 47.2. The number of fused-ring (bicyclic) bond motifs is 1. The molecule has 17 heteroatoms. The zero-order valence-corrected chi connectivity index (χ0v) is 45.2. The molecule has 0 aliphatic carbocycles. The first-order chi connectivity index (χ1) is 35.1. The Bertz CT molecular complexity index is 2970. The van der Waals surface area contributed by atoms with Crippen molar-refractivity contribution < 1.29 is 40.7 Å². The van der Waals surface area contributed by atoms with Crippen LogP contribution in [0.1, 0.15) is 104 Å². The fraction of sp³-hybridized carbons (Fsp3) is 0.404. The van der Waals surface area contributed by atoms with E-state index < -0.39 is 50.0 Å². The molecule has 0 saturated heterocycles. The minimum Gasteiger partial charge on any atom is -0.489 e. The summed E-state index contributed by atoms with van der Waals surface area (Å²) in [5, 5.41) is 5.76. The average Bonchev–Trinajstić information content (AvgIpc) is 3.34. The Kier molecular flexibility index (Phi) is 19.6. The molecule has 0 spiro atoms. The Morgan fingerprint density at radius 3 is 1.92 bits per heavy atom. The number of Topliss-reactive ketones (excluding diaryl/α,β-unsaturated/α-hetero) is 1. The van der Waals surface area contributed by atoms with Crippen molar-refractivity contribution in [2.75, 3.05) is 6.54 Å². The lowest BCUT2D eigenvalue weighted by atomic mass is 9.88. The molecule has 6 N–H and O–H groups in total. The van der Waals surface area contributed by atoms with Crippen molar-refractivity contribution in [3.05, 3.63) is 160 Å². The maximum absolute atomic E-state index is 14.4. The Labute approximate surface area is 437 Å². The fourth-order valence-corrected chi connectivity index (χ4v) is 11.9. The molecule has 74 heavy (non-hydrogen) atoms. The molecule has 6 rings (SSSR count). The summed E-state index contributed by atoms with van der Waals surface area (Å²) in [6.45, 7) is 13.7. The van der Waals surface area contributed by atoms with Crippen LogP contribution in [0, 0.1) is 26.7 Å². The minimum atomic E-state index is -4.12. The average molecular weight is 1050 g/mol. The van der Waals surface area contributed by atoms with E-state index >= 15 is 0 Å². The van der Waals surface area contributed by atoms with Crippen LogP contribution in [0.3, 0.4) is 0 Å². The van der Waals surface area contributed by atoms with Gasteiger partial charge in [-0.25, -0.2) is 26.3 Å². The minimum absolute atomic E-state index is 0.0338. The van der Waals surface area contributed by atoms with Crippen molar-refractivity contribution in [1.82, 2.24) is 20.1 Å². The molecule has 0 fully saturated rings. The SMILES string of the molecule is Cc1c(C)c(S(=O)(=O)NC(N)=NCCCC[C@H](NC(=O)[C@H](CC(C)C)NC(=O)[C@H](Cc2ccc(OCc3ccccc3)cc2)NS(=O)(=O)Cc2ccccc2)C(=O)Cc2ccccc2)c(C)c2c1OC(C)(C)CC2. The monoisotopic (exact) mass is 1050 g/mol. The number of aliphatic imine (C=N–C) groups is 1. The molecule has 3 atom stereocenters. The lowest BCUT2D eigenvalue weighted by Crippen LogP contribution is -2.56. The maximum Gasteiger partial charge on any atom is 0.264 e. The van der Waals surface area contributed by atoms with E-state index in [1.165, 1.54) is 0 Å². The second-order valence-electron chi connectivity index (χ2n) is 20.2. The van der Waals surface area contributed by atoms with Gasteiger partial charge in [-0.1, -0.05) is 117 Å². The highest BCUT2D eigenvalue weighted by molar-refractivity contribution is 7.90. The van der Waals surface area contributed by atoms with Gasteiger partial charge in [-0.05, 0) is 142 Å². The molecule has 0 aromatic heterocycles. The van der Waals surface area contributed by atoms with Crippen LogP contribution >= 0.6 is 0 Å². The molecule has 1 aliphatic heterocycles. The van der Waals surface area contributed by atoms with Crippen molar-refractivity contribution in [2.24, 2.45) is 16.6 Å². The molecule has 1 heterocycles. The number of rotatable bonds is 25. The zero-order chi connectivity index (χ0) is 53.6. The summed E-state index contributed by atoms with van der Waals surface area (Å²) >= 11 is 0. The zero-order valence-electron chi connectivity index (χ0n) is 43.6. The van der Waals surface area contributed by atoms with Gasteiger partial charge < -0.3 is 25.8 Å². The molecule has 2 amide bonds. The quantitative estimate of drug-likeness (QED) is 0.0218. The Balaban J connectivity index is 1.14. The number of hydrogen-bond acceptors (Lipinski definition) is 10. The summed E-state index contributed by atoms with van der Waals surface area (Å²) < 4.78 is 72.2. The van der Waals surface area contributed by atoms with Crippen molar-refractivity contribution >= 4 is 43.6 Å². The molecule has 0 saturated carbocycles. The van der Waals surface area contributed by atoms with Gasteiger partial charge in [0.15, 0.2) is 5.78 Å². The van der Waals surface area contributed by atoms with E-state index in [9.17, 15) is 31.2 Å². The third kappa shape index (κ3) is 16.5. The molecule has 396 valence electrons. The summed E-state index contributed by atoms with van der Waals surface area (Å²) in [7, 11) is -8.19. The molecular formula is C57H72N6O9S2. The number of sulfonamides is 2. The van der Waals surface area contributed by atoms with E-state index in [4.69, 9.17) is 15.2 Å². The highest BCUT2D eigenvalue weighted by Gasteiger charge is 2.35. The first-order valence-electron chi connectivity index (χ1n) is 25.2. The van der Waals surface area contributed by atoms with Crippen molar-refractivity contribution in [1.29, 1.82) is 0 Å². The first-order valence-corrected chi connectivity index (χ1v) is 28.3. The number of hydrogen-bond donors (Lipinski definition) is 5. The highest BCUT2D eigenvalue weighted by atomic mass is 32.2. The van der Waals surface area contributed by atoms with E-state index in [-0.39, 0.29) is 66.1 Å². The standard InChI is InChI=1S/C57H72N6O9S2/c1-38(2)33-49(61-55(66)50(62-73(67,68)37-45-23-15-10-16-24-45)34-43-26-28-46(29-27-43)71-36-44-21-13-9-14-22-44)54(65)60-48(51(64)35-42-19-11-8-12-20-42)25-17-18-32-59-56(58)63-74(69,70)53-40(4)39(3)52-47(41(53)5)30-31-57(6,7)72-52/h8-16,19-24,26-29,38,48-50,62H,17-18,25,30-37H2,1-7H3,(H,60,65)(H,61,66)(H3,58,59,63)/t48-,49-,50-/m0/s1. The second-order valence-corrected chi connectivity index (χ2v) is 23.5. The van der Waals surface area contributed by atoms with Crippen LogP contribution in [0.5, 0.6) is 11.5 Å². The van der Waals surface area contributed by atoms with Gasteiger partial charge in [-0.15, -0.1) is 0 Å². The molecule has 0 unspecified atom stereocenters. The van der Waals surface area contributed by atoms with E-state index in [0.29, 0.717) is 53.9 Å². The predicted octanol–water partition coefficient (Wildman–Crippen LogP) is 7.62. The molecular weight excluding hydrogens is 977 g/mol. The molecule has 15 nitrogen and oxygen atoms in total. The van der Waals surface area contributed by atoms with Crippen LogP contribution in [0.4, 0.5) is 0 Å². The second kappa shape index (κ2) is 25.6. The number of nitrogens with two attached hydrogens (primary N) is 1. The lowest BCUT2D eigenvalue weighted by molar-refractivity contribution is -0.132. The third-order valence-electron chi connectivity index (χ3n) is 13.1. The van der Waals surface area contributed by atoms with E-state index in [2.05, 4.69) is 25.1 Å². The number of carbonyl (C=O) groups is 3. The Morgan fingerprint density at radius 1 is 0.716 bits per heavy atom. The smallest absolute Gasteiger partial charge is 0.264 e. The molecule has 0 radical (unpaired) electrons. The van der Waals surface area contributed by atoms with Gasteiger partial charge in [0.2, 0.25) is 27.8 Å². The molecule has 5 aromatic carbocycles. The largest absolute Gasteiger partial charge is 0.489 e. The van der Waals surface area contributed by atoms with Gasteiger partial charge in [-0.2, -0.15) is 0 Å². The number of amides is 2. The predicted molar refractivity (Wildman–Crippen MR) is 290 cm³/mol. The number of guanidine groups is 1. The molecule has 1 aliphatic rings. The number of ether oxygens (including phenoxy) is 2. The summed E-state index contributed by atoms with van der Waals surface area (Å²) in [6.07, 6.45) is 2.60. The van der Waals surface area contributed by atoms with Crippen LogP contribution in [-0.2, 0) is 66.1 Å². The van der Waals surface area contributed by atoms with E-state index in [1.54, 1.807) is 68.4 Å². The number of benzene rings is 5. The third-order valence-corrected chi connectivity index (χ3v) is 16.1. The van der Waals surface area contributed by atoms with E-state index in [1.807, 2.05) is 95.3 Å². The van der Waals surface area contributed by atoms with Gasteiger partial charge in [0, 0.05) is 13.0 Å². The number of nitrogens with one attached hydrogen (secondary N) is 4. The lowest BCUT2D eigenvalue weighted by Gasteiger charge is -2.35. The fourth-order valence-electron chi connectivity index (χ4n) is 9.05. The number of unbranched alkanes of at least 4 members (excludes halogenated alkanes) is 1. The summed E-state index contributed by atoms with van der Waals surface area (Å²) in [5.74, 6) is -0.988. The number of nitrogens with zero attached hydrogens (tertiary/aromatic N) is 1. The van der Waals surface area contributed by atoms with Crippen LogP contribution in [0.2, 0.25) is 0 Å². The van der Waals surface area contributed by atoms with Crippen LogP contribution in [0.15, 0.2) is 125 Å². The maximum atomic E-state index is 14.4. The van der Waals surface area contributed by atoms with Crippen molar-refractivity contribution in [2.45, 2.75) is 141 Å². The normalized spacial score (nSPS) is 14.7. The summed E-state index contributed by atoms with van der Waals surface area (Å²) in [6, 6.07) is 31.1. The van der Waals surface area contributed by atoms with Gasteiger partial charge in [0.25, 0.3) is 10.0 Å². The van der Waals surface area contributed by atoms with Gasteiger partial charge >= 0.3 is 0 Å². The number of ketones is 1. The van der Waals surface area contributed by atoms with Gasteiger partial charge in [-0.3, -0.25) is 19.4 Å². The van der Waals surface area contributed by atoms with Crippen LogP contribution in [0.25, 0.3) is 0 Å². The van der Waals surface area contributed by atoms with E-state index in [0.717, 1.165) is 34.4 Å². The van der Waals surface area contributed by atoms with Gasteiger partial charge in [0.1, 0.15) is 35.8 Å². The van der Waals surface area contributed by atoms with Crippen molar-refractivity contribution in [3.8, 4) is 11.5 Å². The Morgan fingerprint density at radius 2 is 1.30 bits per heavy atom. The molecule has 5 aromatic rings. The van der Waals surface area contributed by atoms with Crippen molar-refractivity contribution in [3.63, 3.8) is 0 Å². The Hall–Kier alpha value is -6.56. The first kappa shape index (κ1) is 56.7. The van der Waals surface area contributed by atoms with Crippen LogP contribution < -0.4 is 35.3 Å².